The molecule has 192 valence electrons. The molecule has 0 bridgehead atoms. The number of carboxylic acid groups (broad SMARTS) is 1. The van der Waals surface area contributed by atoms with Crippen LogP contribution in [0.5, 0.6) is 0 Å². The normalized spacial score (nSPS) is 21.5. The molecule has 36 heavy (non-hydrogen) atoms. The van der Waals surface area contributed by atoms with Crippen LogP contribution in [0.15, 0.2) is 30.6 Å². The van der Waals surface area contributed by atoms with E-state index in [2.05, 4.69) is 25.6 Å². The predicted molar refractivity (Wildman–Crippen MR) is 129 cm³/mol. The van der Waals surface area contributed by atoms with Gasteiger partial charge in [0.05, 0.1) is 6.33 Å². The minimum atomic E-state index is -1.42. The molecule has 13 heteroatoms. The second-order valence-corrected chi connectivity index (χ2v) is 8.47. The largest absolute Gasteiger partial charge is 0.481 e. The number of carbonyl (C=O) groups excluding carboxylic acids is 1. The Morgan fingerprint density at radius 2 is 1.81 bits per heavy atom. The number of nitrogens with two attached hydrogens (primary N) is 1. The third-order valence-electron chi connectivity index (χ3n) is 5.92. The minimum Gasteiger partial charge on any atom is -0.481 e. The average molecular weight is 500 g/mol. The lowest BCUT2D eigenvalue weighted by molar-refractivity contribution is -0.138. The molecule has 1 aliphatic rings. The third-order valence-corrected chi connectivity index (χ3v) is 5.92. The number of fused-ring (bicyclic) bond motifs is 1. The fraction of sp³-hybridized carbons (Fsp3) is 0.435. The average Bonchev–Trinajstić information content (AvgIpc) is 3.40. The van der Waals surface area contributed by atoms with Gasteiger partial charge in [0, 0.05) is 19.5 Å². The number of nitrogens with zero attached hydrogens (tertiary/aromatic N) is 4. The van der Waals surface area contributed by atoms with E-state index in [0.29, 0.717) is 31.4 Å². The highest BCUT2D eigenvalue weighted by atomic mass is 16.6. The second-order valence-electron chi connectivity index (χ2n) is 8.47. The van der Waals surface area contributed by atoms with Gasteiger partial charge in [0.25, 0.3) is 5.91 Å². The standard InChI is InChI=1S/C23H29N7O6/c1-2-25-21(35)18-16(33)17(34)22(36-18)30-11-27-15-19(24)28-23(29-20(15)30)26-10-9-13-5-3-12(4-6-13)7-8-14(31)32/h3-6,11,16-18,22,33-34H,2,7-10H2,1H3,(H,25,35)(H,31,32)(H3,24,26,28,29)/t16-,17+,18+,22+/m1/s1. The molecule has 1 fully saturated rings. The number of hydrogen-bond acceptors (Lipinski definition) is 10. The van der Waals surface area contributed by atoms with Gasteiger partial charge in [0.15, 0.2) is 23.8 Å². The van der Waals surface area contributed by atoms with Crippen LogP contribution in [0.25, 0.3) is 11.2 Å². The maximum Gasteiger partial charge on any atom is 0.303 e. The number of aryl methyl sites for hydroxylation is 1. The van der Waals surface area contributed by atoms with E-state index in [1.54, 1.807) is 6.92 Å². The molecular weight excluding hydrogens is 470 g/mol. The van der Waals surface area contributed by atoms with Gasteiger partial charge < -0.3 is 36.4 Å². The summed E-state index contributed by atoms with van der Waals surface area (Å²) in [5.41, 5.74) is 8.65. The number of aromatic nitrogens is 4. The topological polar surface area (TPSA) is 198 Å². The van der Waals surface area contributed by atoms with Crippen molar-refractivity contribution in [3.8, 4) is 0 Å². The number of aliphatic hydroxyl groups is 2. The fourth-order valence-corrected chi connectivity index (χ4v) is 4.03. The molecule has 1 amide bonds. The lowest BCUT2D eigenvalue weighted by atomic mass is 10.1. The molecule has 1 aliphatic heterocycles. The van der Waals surface area contributed by atoms with Crippen molar-refractivity contribution in [1.29, 1.82) is 0 Å². The quantitative estimate of drug-likeness (QED) is 0.217. The van der Waals surface area contributed by atoms with Crippen molar-refractivity contribution in [2.75, 3.05) is 24.1 Å². The number of amides is 1. The molecule has 4 atom stereocenters. The number of anilines is 2. The highest BCUT2D eigenvalue weighted by molar-refractivity contribution is 5.83. The van der Waals surface area contributed by atoms with Crippen LogP contribution in [-0.2, 0) is 27.2 Å². The summed E-state index contributed by atoms with van der Waals surface area (Å²) in [6.07, 6.45) is -2.56. The van der Waals surface area contributed by atoms with Crippen molar-refractivity contribution >= 4 is 34.8 Å². The van der Waals surface area contributed by atoms with Gasteiger partial charge in [-0.1, -0.05) is 24.3 Å². The first-order valence-corrected chi connectivity index (χ1v) is 11.6. The zero-order chi connectivity index (χ0) is 25.8. The maximum atomic E-state index is 12.2. The van der Waals surface area contributed by atoms with Crippen molar-refractivity contribution in [3.05, 3.63) is 41.7 Å². The maximum absolute atomic E-state index is 12.2. The SMILES string of the molecule is CCNC(=O)[C@H]1O[C@H](n2cnc3c(N)nc(NCCc4ccc(CCC(=O)O)cc4)nc32)[C@@H](O)[C@H]1O. The van der Waals surface area contributed by atoms with Crippen LogP contribution < -0.4 is 16.4 Å². The van der Waals surface area contributed by atoms with Crippen LogP contribution in [0.1, 0.15) is 30.7 Å². The second kappa shape index (κ2) is 10.8. The Bertz CT molecular complexity index is 1230. The van der Waals surface area contributed by atoms with Gasteiger partial charge in [-0.05, 0) is 30.9 Å². The molecule has 2 aromatic heterocycles. The number of benzene rings is 1. The van der Waals surface area contributed by atoms with Gasteiger partial charge in [0.2, 0.25) is 5.95 Å². The number of imidazole rings is 1. The number of likely N-dealkylation sites (N-methyl/N-ethyl adjacent to an activating group) is 1. The lowest BCUT2D eigenvalue weighted by Crippen LogP contribution is -2.42. The molecule has 13 nitrogen and oxygen atoms in total. The number of nitrogens with one attached hydrogen (secondary N) is 2. The number of carboxylic acids is 1. The predicted octanol–water partition coefficient (Wildman–Crippen LogP) is -0.164. The summed E-state index contributed by atoms with van der Waals surface area (Å²) in [5.74, 6) is -0.985. The summed E-state index contributed by atoms with van der Waals surface area (Å²) in [6.45, 7) is 2.59. The van der Waals surface area contributed by atoms with Crippen molar-refractivity contribution < 1.29 is 29.6 Å². The molecule has 7 N–H and O–H groups in total. The Morgan fingerprint density at radius 3 is 2.47 bits per heavy atom. The number of rotatable bonds is 10. The third kappa shape index (κ3) is 5.37. The Hall–Kier alpha value is -3.81. The van der Waals surface area contributed by atoms with Gasteiger partial charge in [-0.2, -0.15) is 9.97 Å². The van der Waals surface area contributed by atoms with Crippen LogP contribution in [0, 0.1) is 0 Å². The Balaban J connectivity index is 1.45. The molecule has 0 spiro atoms. The summed E-state index contributed by atoms with van der Waals surface area (Å²) >= 11 is 0. The summed E-state index contributed by atoms with van der Waals surface area (Å²) in [7, 11) is 0. The smallest absolute Gasteiger partial charge is 0.303 e. The number of nitrogen functional groups attached to an aromatic ring is 1. The van der Waals surface area contributed by atoms with Gasteiger partial charge in [-0.15, -0.1) is 0 Å². The van der Waals surface area contributed by atoms with Crippen molar-refractivity contribution in [1.82, 2.24) is 24.8 Å². The molecule has 1 saturated heterocycles. The van der Waals surface area contributed by atoms with E-state index in [1.165, 1.54) is 10.9 Å². The van der Waals surface area contributed by atoms with Crippen molar-refractivity contribution in [2.45, 2.75) is 50.7 Å². The monoisotopic (exact) mass is 499 g/mol. The lowest BCUT2D eigenvalue weighted by Gasteiger charge is -2.16. The van der Waals surface area contributed by atoms with E-state index in [0.717, 1.165) is 11.1 Å². The highest BCUT2D eigenvalue weighted by Gasteiger charge is 2.47. The van der Waals surface area contributed by atoms with Crippen LogP contribution in [0.2, 0.25) is 0 Å². The fourth-order valence-electron chi connectivity index (χ4n) is 4.03. The van der Waals surface area contributed by atoms with Gasteiger partial charge in [0.1, 0.15) is 17.7 Å². The molecule has 0 radical (unpaired) electrons. The molecular formula is C23H29N7O6. The molecule has 4 rings (SSSR count). The summed E-state index contributed by atoms with van der Waals surface area (Å²) in [5, 5.41) is 35.4. The Kier molecular flexibility index (Phi) is 7.62. The van der Waals surface area contributed by atoms with E-state index in [9.17, 15) is 19.8 Å². The highest BCUT2D eigenvalue weighted by Crippen LogP contribution is 2.32. The zero-order valence-electron chi connectivity index (χ0n) is 19.7. The van der Waals surface area contributed by atoms with Crippen LogP contribution in [0.4, 0.5) is 11.8 Å². The molecule has 3 aromatic rings. The Morgan fingerprint density at radius 1 is 1.11 bits per heavy atom. The number of aliphatic hydroxyl groups excluding tert-OH is 2. The van der Waals surface area contributed by atoms with Crippen molar-refractivity contribution in [2.24, 2.45) is 0 Å². The number of aliphatic carboxylic acids is 1. The van der Waals surface area contributed by atoms with Gasteiger partial charge in [-0.3, -0.25) is 14.2 Å². The van der Waals surface area contributed by atoms with E-state index in [4.69, 9.17) is 15.6 Å². The van der Waals surface area contributed by atoms with Gasteiger partial charge >= 0.3 is 5.97 Å². The number of hydrogen-bond donors (Lipinski definition) is 6. The molecule has 0 unspecified atom stereocenters. The first-order valence-electron chi connectivity index (χ1n) is 11.6. The summed E-state index contributed by atoms with van der Waals surface area (Å²) in [4.78, 5) is 35.8. The minimum absolute atomic E-state index is 0.0905. The van der Waals surface area contributed by atoms with Crippen LogP contribution in [-0.4, -0.2) is 78.1 Å². The van der Waals surface area contributed by atoms with Crippen molar-refractivity contribution in [3.63, 3.8) is 0 Å². The molecule has 0 saturated carbocycles. The molecule has 0 aliphatic carbocycles. The number of carbonyl (C=O) groups is 2. The summed E-state index contributed by atoms with van der Waals surface area (Å²) in [6, 6.07) is 7.71. The Labute approximate surface area is 206 Å². The first-order chi connectivity index (χ1) is 17.3. The van der Waals surface area contributed by atoms with E-state index in [-0.39, 0.29) is 23.8 Å². The van der Waals surface area contributed by atoms with Crippen LogP contribution >= 0.6 is 0 Å². The number of ether oxygens (including phenoxy) is 1. The van der Waals surface area contributed by atoms with Gasteiger partial charge in [-0.25, -0.2) is 4.98 Å². The van der Waals surface area contributed by atoms with E-state index >= 15 is 0 Å². The first kappa shape index (κ1) is 25.3. The summed E-state index contributed by atoms with van der Waals surface area (Å²) < 4.78 is 7.09. The van der Waals surface area contributed by atoms with Crippen LogP contribution in [0.3, 0.4) is 0 Å². The van der Waals surface area contributed by atoms with E-state index < -0.39 is 36.4 Å². The zero-order valence-corrected chi connectivity index (χ0v) is 19.7. The van der Waals surface area contributed by atoms with E-state index in [1.807, 2.05) is 24.3 Å². The molecule has 1 aromatic carbocycles. The molecule has 3 heterocycles.